The lowest BCUT2D eigenvalue weighted by atomic mass is 10.0. The lowest BCUT2D eigenvalue weighted by molar-refractivity contribution is 1.16. The number of nitrogens with one attached hydrogen (secondary N) is 1. The maximum atomic E-state index is 6.12. The Balaban J connectivity index is 2.06. The van der Waals surface area contributed by atoms with Crippen LogP contribution < -0.4 is 5.73 Å². The van der Waals surface area contributed by atoms with Gasteiger partial charge in [-0.2, -0.15) is 0 Å². The van der Waals surface area contributed by atoms with Crippen LogP contribution in [0.5, 0.6) is 0 Å². The lowest BCUT2D eigenvalue weighted by Gasteiger charge is -2.07. The molecule has 4 aromatic rings. The second-order valence-corrected chi connectivity index (χ2v) is 6.43. The van der Waals surface area contributed by atoms with Gasteiger partial charge >= 0.3 is 0 Å². The largest absolute Gasteiger partial charge is 0.384 e. The Bertz CT molecular complexity index is 1100. The highest BCUT2D eigenvalue weighted by Crippen LogP contribution is 2.37. The van der Waals surface area contributed by atoms with Crippen molar-refractivity contribution in [2.75, 3.05) is 5.73 Å². The number of rotatable bonds is 2. The summed E-state index contributed by atoms with van der Waals surface area (Å²) < 4.78 is 0. The third-order valence-corrected chi connectivity index (χ3v) is 4.48. The topological polar surface area (TPSA) is 80.5 Å². The molecule has 0 saturated carbocycles. The Hall–Kier alpha value is -2.92. The Kier molecular flexibility index (Phi) is 3.66. The SMILES string of the molecule is Cc1ccc(-c2c(-c3ccnc(N)c3)[nH]c3cc(Cl)cnc23)nc1C. The van der Waals surface area contributed by atoms with Gasteiger partial charge in [-0.15, -0.1) is 0 Å². The van der Waals surface area contributed by atoms with Crippen LogP contribution in [0, 0.1) is 13.8 Å². The van der Waals surface area contributed by atoms with E-state index in [4.69, 9.17) is 22.3 Å². The summed E-state index contributed by atoms with van der Waals surface area (Å²) in [5.41, 5.74) is 13.3. The molecule has 0 fully saturated rings. The van der Waals surface area contributed by atoms with Crippen molar-refractivity contribution in [1.29, 1.82) is 0 Å². The molecule has 0 spiro atoms. The quantitative estimate of drug-likeness (QED) is 0.556. The van der Waals surface area contributed by atoms with E-state index in [1.54, 1.807) is 12.4 Å². The first-order valence-corrected chi connectivity index (χ1v) is 8.24. The van der Waals surface area contributed by atoms with Gasteiger partial charge in [-0.1, -0.05) is 17.7 Å². The number of hydrogen-bond acceptors (Lipinski definition) is 4. The molecule has 4 heterocycles. The van der Waals surface area contributed by atoms with E-state index in [-0.39, 0.29) is 0 Å². The number of hydrogen-bond donors (Lipinski definition) is 2. The number of aromatic amines is 1. The first-order valence-electron chi connectivity index (χ1n) is 7.86. The van der Waals surface area contributed by atoms with E-state index in [0.717, 1.165) is 44.8 Å². The van der Waals surface area contributed by atoms with E-state index in [1.807, 2.05) is 38.1 Å². The highest BCUT2D eigenvalue weighted by atomic mass is 35.5. The Morgan fingerprint density at radius 3 is 2.68 bits per heavy atom. The van der Waals surface area contributed by atoms with E-state index >= 15 is 0 Å². The number of nitrogens with zero attached hydrogens (tertiary/aromatic N) is 3. The number of aromatic nitrogens is 4. The van der Waals surface area contributed by atoms with Crippen molar-refractivity contribution in [2.24, 2.45) is 0 Å². The number of halogens is 1. The zero-order valence-electron chi connectivity index (χ0n) is 13.8. The smallest absolute Gasteiger partial charge is 0.123 e. The highest BCUT2D eigenvalue weighted by Gasteiger charge is 2.18. The van der Waals surface area contributed by atoms with Crippen molar-refractivity contribution in [3.05, 3.63) is 59.0 Å². The highest BCUT2D eigenvalue weighted by molar-refractivity contribution is 6.31. The summed E-state index contributed by atoms with van der Waals surface area (Å²) in [7, 11) is 0. The number of fused-ring (bicyclic) bond motifs is 1. The first kappa shape index (κ1) is 15.6. The van der Waals surface area contributed by atoms with E-state index in [2.05, 4.69) is 21.0 Å². The number of aryl methyl sites for hydroxylation is 2. The van der Waals surface area contributed by atoms with Crippen molar-refractivity contribution in [2.45, 2.75) is 13.8 Å². The fourth-order valence-corrected chi connectivity index (χ4v) is 3.05. The maximum absolute atomic E-state index is 6.12. The summed E-state index contributed by atoms with van der Waals surface area (Å²) in [5.74, 6) is 0.459. The molecule has 0 unspecified atom stereocenters. The van der Waals surface area contributed by atoms with E-state index in [1.165, 1.54) is 0 Å². The van der Waals surface area contributed by atoms with Gasteiger partial charge in [0.05, 0.1) is 33.0 Å². The van der Waals surface area contributed by atoms with Gasteiger partial charge in [0.2, 0.25) is 0 Å². The zero-order valence-corrected chi connectivity index (χ0v) is 14.6. The fraction of sp³-hybridized carbons (Fsp3) is 0.105. The molecule has 0 radical (unpaired) electrons. The van der Waals surface area contributed by atoms with Crippen molar-refractivity contribution >= 4 is 28.5 Å². The molecule has 0 saturated heterocycles. The maximum Gasteiger partial charge on any atom is 0.123 e. The third-order valence-electron chi connectivity index (χ3n) is 4.28. The normalized spacial score (nSPS) is 11.2. The van der Waals surface area contributed by atoms with Gasteiger partial charge in [0.1, 0.15) is 5.82 Å². The third kappa shape index (κ3) is 2.72. The van der Waals surface area contributed by atoms with Crippen LogP contribution in [0.4, 0.5) is 5.82 Å². The van der Waals surface area contributed by atoms with Crippen LogP contribution in [0.2, 0.25) is 5.02 Å². The van der Waals surface area contributed by atoms with E-state index < -0.39 is 0 Å². The predicted octanol–water partition coefficient (Wildman–Crippen LogP) is 4.54. The molecule has 124 valence electrons. The summed E-state index contributed by atoms with van der Waals surface area (Å²) >= 11 is 6.12. The molecule has 6 heteroatoms. The second-order valence-electron chi connectivity index (χ2n) is 5.99. The fourth-order valence-electron chi connectivity index (χ4n) is 2.89. The molecule has 5 nitrogen and oxygen atoms in total. The van der Waals surface area contributed by atoms with Crippen LogP contribution in [0.25, 0.3) is 33.5 Å². The molecule has 0 bridgehead atoms. The Morgan fingerprint density at radius 1 is 1.08 bits per heavy atom. The van der Waals surface area contributed by atoms with Crippen molar-refractivity contribution in [3.63, 3.8) is 0 Å². The molecule has 0 aliphatic carbocycles. The molecule has 0 aromatic carbocycles. The molecule has 4 rings (SSSR count). The standard InChI is InChI=1S/C19H16ClN5/c1-10-3-4-14(24-11(10)2)17-18(12-5-6-22-16(21)7-12)25-15-8-13(20)9-23-19(15)17/h3-9,25H,1-2H3,(H2,21,22). The van der Waals surface area contributed by atoms with Gasteiger partial charge in [0.25, 0.3) is 0 Å². The van der Waals surface area contributed by atoms with E-state index in [0.29, 0.717) is 10.8 Å². The number of H-pyrrole nitrogens is 1. The number of nitrogen functional groups attached to an aromatic ring is 1. The second kappa shape index (κ2) is 5.86. The van der Waals surface area contributed by atoms with Gasteiger partial charge in [0, 0.05) is 23.7 Å². The number of nitrogens with two attached hydrogens (primary N) is 1. The average Bonchev–Trinajstić information content (AvgIpc) is 2.96. The van der Waals surface area contributed by atoms with Gasteiger partial charge in [-0.3, -0.25) is 9.97 Å². The molecule has 3 N–H and O–H groups in total. The number of pyridine rings is 3. The van der Waals surface area contributed by atoms with Crippen LogP contribution in [0.3, 0.4) is 0 Å². The lowest BCUT2D eigenvalue weighted by Crippen LogP contribution is -1.93. The minimum Gasteiger partial charge on any atom is -0.384 e. The average molecular weight is 350 g/mol. The summed E-state index contributed by atoms with van der Waals surface area (Å²) in [4.78, 5) is 16.8. The predicted molar refractivity (Wildman–Crippen MR) is 101 cm³/mol. The van der Waals surface area contributed by atoms with Gasteiger partial charge in [0.15, 0.2) is 0 Å². The minimum atomic E-state index is 0.459. The van der Waals surface area contributed by atoms with Crippen LogP contribution in [0.1, 0.15) is 11.3 Å². The monoisotopic (exact) mass is 349 g/mol. The molecule has 0 aliphatic rings. The van der Waals surface area contributed by atoms with Gasteiger partial charge in [-0.25, -0.2) is 4.98 Å². The minimum absolute atomic E-state index is 0.459. The summed E-state index contributed by atoms with van der Waals surface area (Å²) in [6.45, 7) is 4.05. The van der Waals surface area contributed by atoms with Crippen molar-refractivity contribution in [3.8, 4) is 22.5 Å². The molecule has 25 heavy (non-hydrogen) atoms. The summed E-state index contributed by atoms with van der Waals surface area (Å²) in [6.07, 6.45) is 3.33. The molecular formula is C19H16ClN5. The van der Waals surface area contributed by atoms with Crippen LogP contribution >= 0.6 is 11.6 Å². The van der Waals surface area contributed by atoms with Crippen LogP contribution in [-0.4, -0.2) is 19.9 Å². The van der Waals surface area contributed by atoms with Gasteiger partial charge < -0.3 is 10.7 Å². The molecular weight excluding hydrogens is 334 g/mol. The Morgan fingerprint density at radius 2 is 1.92 bits per heavy atom. The zero-order chi connectivity index (χ0) is 17.6. The molecule has 0 amide bonds. The van der Waals surface area contributed by atoms with E-state index in [9.17, 15) is 0 Å². The van der Waals surface area contributed by atoms with Crippen LogP contribution in [-0.2, 0) is 0 Å². The van der Waals surface area contributed by atoms with Crippen molar-refractivity contribution in [1.82, 2.24) is 19.9 Å². The number of anilines is 1. The van der Waals surface area contributed by atoms with Crippen molar-refractivity contribution < 1.29 is 0 Å². The Labute approximate surface area is 149 Å². The van der Waals surface area contributed by atoms with Gasteiger partial charge in [-0.05, 0) is 43.7 Å². The summed E-state index contributed by atoms with van der Waals surface area (Å²) in [6, 6.07) is 9.68. The van der Waals surface area contributed by atoms with Crippen LogP contribution in [0.15, 0.2) is 42.7 Å². The summed E-state index contributed by atoms with van der Waals surface area (Å²) in [5, 5.41) is 0.578. The molecule has 0 atom stereocenters. The molecule has 4 aromatic heterocycles. The first-order chi connectivity index (χ1) is 12.0. The molecule has 0 aliphatic heterocycles.